The van der Waals surface area contributed by atoms with E-state index in [9.17, 15) is 18.0 Å². The summed E-state index contributed by atoms with van der Waals surface area (Å²) in [6, 6.07) is 12.5. The number of aromatic nitrogens is 3. The SMILES string of the molecule is O=C(O)c1[nH]nnc1OCc1ccc(-c2ccc(OC(F)(F)F)cc2)cc1. The Balaban J connectivity index is 1.65. The number of halogens is 3. The zero-order valence-electron chi connectivity index (χ0n) is 13.5. The first kappa shape index (κ1) is 18.2. The number of carboxylic acid groups (broad SMARTS) is 1. The van der Waals surface area contributed by atoms with Gasteiger partial charge in [0.25, 0.3) is 5.88 Å². The van der Waals surface area contributed by atoms with Gasteiger partial charge < -0.3 is 14.6 Å². The van der Waals surface area contributed by atoms with Gasteiger partial charge in [0.2, 0.25) is 5.69 Å². The van der Waals surface area contributed by atoms with E-state index in [0.717, 1.165) is 11.1 Å². The van der Waals surface area contributed by atoms with Gasteiger partial charge in [-0.2, -0.15) is 0 Å². The average molecular weight is 379 g/mol. The Labute approximate surface area is 150 Å². The van der Waals surface area contributed by atoms with E-state index in [0.29, 0.717) is 5.56 Å². The highest BCUT2D eigenvalue weighted by Crippen LogP contribution is 2.26. The minimum atomic E-state index is -4.73. The lowest BCUT2D eigenvalue weighted by molar-refractivity contribution is -0.274. The molecule has 10 heteroatoms. The fraction of sp³-hybridized carbons (Fsp3) is 0.118. The molecule has 2 N–H and O–H groups in total. The summed E-state index contributed by atoms with van der Waals surface area (Å²) in [6.45, 7) is 0.0749. The standard InChI is InChI=1S/C17H12F3N3O4/c18-17(19,20)27-13-7-5-12(6-8-13)11-3-1-10(2-4-11)9-26-15-14(16(24)25)21-23-22-15/h1-8H,9H2,(H,24,25)(H,21,22,23). The van der Waals surface area contributed by atoms with Crippen molar-refractivity contribution in [3.05, 3.63) is 59.8 Å². The van der Waals surface area contributed by atoms with Crippen LogP contribution in [0.3, 0.4) is 0 Å². The van der Waals surface area contributed by atoms with Crippen LogP contribution in [0.1, 0.15) is 16.1 Å². The molecule has 2 aromatic carbocycles. The lowest BCUT2D eigenvalue weighted by atomic mass is 10.0. The van der Waals surface area contributed by atoms with Gasteiger partial charge in [0, 0.05) is 0 Å². The zero-order chi connectivity index (χ0) is 19.4. The number of nitrogens with one attached hydrogen (secondary N) is 1. The van der Waals surface area contributed by atoms with Crippen LogP contribution in [-0.2, 0) is 6.61 Å². The number of carbonyl (C=O) groups is 1. The Kier molecular flexibility index (Phi) is 4.97. The number of alkyl halides is 3. The first-order valence-corrected chi connectivity index (χ1v) is 7.54. The zero-order valence-corrected chi connectivity index (χ0v) is 13.5. The average Bonchev–Trinajstić information content (AvgIpc) is 3.09. The lowest BCUT2D eigenvalue weighted by Gasteiger charge is -2.10. The van der Waals surface area contributed by atoms with E-state index in [1.807, 2.05) is 0 Å². The van der Waals surface area contributed by atoms with Crippen LogP contribution in [-0.4, -0.2) is 32.8 Å². The third kappa shape index (κ3) is 4.75. The van der Waals surface area contributed by atoms with Crippen molar-refractivity contribution in [1.29, 1.82) is 0 Å². The molecule has 0 atom stereocenters. The van der Waals surface area contributed by atoms with E-state index in [2.05, 4.69) is 20.1 Å². The molecule has 0 amide bonds. The van der Waals surface area contributed by atoms with Gasteiger partial charge in [-0.1, -0.05) is 46.7 Å². The third-order valence-corrected chi connectivity index (χ3v) is 3.48. The van der Waals surface area contributed by atoms with Crippen LogP contribution in [0, 0.1) is 0 Å². The largest absolute Gasteiger partial charge is 0.573 e. The van der Waals surface area contributed by atoms with Crippen LogP contribution in [0.15, 0.2) is 48.5 Å². The summed E-state index contributed by atoms with van der Waals surface area (Å²) in [6.07, 6.45) is -4.73. The molecule has 0 aliphatic heterocycles. The second kappa shape index (κ2) is 7.36. The molecule has 7 nitrogen and oxygen atoms in total. The smallest absolute Gasteiger partial charge is 0.476 e. The van der Waals surface area contributed by atoms with Gasteiger partial charge in [-0.25, -0.2) is 9.89 Å². The number of ether oxygens (including phenoxy) is 2. The van der Waals surface area contributed by atoms with Gasteiger partial charge in [0.1, 0.15) is 12.4 Å². The normalized spacial score (nSPS) is 11.2. The van der Waals surface area contributed by atoms with Crippen LogP contribution in [0.25, 0.3) is 11.1 Å². The highest BCUT2D eigenvalue weighted by Gasteiger charge is 2.30. The molecular weight excluding hydrogens is 367 g/mol. The molecule has 0 saturated heterocycles. The summed E-state index contributed by atoms with van der Waals surface area (Å²) in [5.74, 6) is -1.65. The highest BCUT2D eigenvalue weighted by atomic mass is 19.4. The monoisotopic (exact) mass is 379 g/mol. The summed E-state index contributed by atoms with van der Waals surface area (Å²) in [5, 5.41) is 18.1. The molecular formula is C17H12F3N3O4. The summed E-state index contributed by atoms with van der Waals surface area (Å²) >= 11 is 0. The molecule has 0 fully saturated rings. The van der Waals surface area contributed by atoms with Gasteiger partial charge in [0.15, 0.2) is 0 Å². The molecule has 3 aromatic rings. The number of carboxylic acids is 1. The van der Waals surface area contributed by atoms with Crippen LogP contribution in [0.4, 0.5) is 13.2 Å². The van der Waals surface area contributed by atoms with Gasteiger partial charge >= 0.3 is 12.3 Å². The van der Waals surface area contributed by atoms with Crippen molar-refractivity contribution in [3.63, 3.8) is 0 Å². The van der Waals surface area contributed by atoms with Crippen molar-refractivity contribution in [2.45, 2.75) is 13.0 Å². The van der Waals surface area contributed by atoms with Crippen LogP contribution in [0.2, 0.25) is 0 Å². The fourth-order valence-electron chi connectivity index (χ4n) is 2.25. The highest BCUT2D eigenvalue weighted by molar-refractivity contribution is 5.87. The number of hydrogen-bond acceptors (Lipinski definition) is 5. The van der Waals surface area contributed by atoms with E-state index in [1.165, 1.54) is 24.3 Å². The number of aromatic carboxylic acids is 1. The minimum absolute atomic E-state index is 0.0749. The lowest BCUT2D eigenvalue weighted by Crippen LogP contribution is -2.16. The van der Waals surface area contributed by atoms with Crippen LogP contribution < -0.4 is 9.47 Å². The maximum absolute atomic E-state index is 12.2. The number of hydrogen-bond donors (Lipinski definition) is 2. The molecule has 27 heavy (non-hydrogen) atoms. The number of aromatic amines is 1. The van der Waals surface area contributed by atoms with Crippen molar-refractivity contribution < 1.29 is 32.5 Å². The van der Waals surface area contributed by atoms with Gasteiger partial charge in [-0.05, 0) is 28.8 Å². The van der Waals surface area contributed by atoms with Crippen LogP contribution >= 0.6 is 0 Å². The van der Waals surface area contributed by atoms with Crippen molar-refractivity contribution >= 4 is 5.97 Å². The summed E-state index contributed by atoms with van der Waals surface area (Å²) < 4.78 is 45.7. The Hall–Kier alpha value is -3.56. The van der Waals surface area contributed by atoms with E-state index in [-0.39, 0.29) is 23.9 Å². The fourth-order valence-corrected chi connectivity index (χ4v) is 2.25. The molecule has 1 heterocycles. The predicted molar refractivity (Wildman–Crippen MR) is 86.2 cm³/mol. The first-order valence-electron chi connectivity index (χ1n) is 7.54. The van der Waals surface area contributed by atoms with Gasteiger partial charge in [-0.15, -0.1) is 13.2 Å². The van der Waals surface area contributed by atoms with Crippen molar-refractivity contribution in [2.24, 2.45) is 0 Å². The molecule has 0 saturated carbocycles. The van der Waals surface area contributed by atoms with E-state index >= 15 is 0 Å². The second-order valence-electron chi connectivity index (χ2n) is 5.35. The Morgan fingerprint density at radius 1 is 1.04 bits per heavy atom. The third-order valence-electron chi connectivity index (χ3n) is 3.48. The molecule has 3 rings (SSSR count). The summed E-state index contributed by atoms with van der Waals surface area (Å²) in [5.41, 5.74) is 1.99. The second-order valence-corrected chi connectivity index (χ2v) is 5.35. The molecule has 0 aliphatic carbocycles. The van der Waals surface area contributed by atoms with Crippen molar-refractivity contribution in [1.82, 2.24) is 15.4 Å². The van der Waals surface area contributed by atoms with E-state index in [4.69, 9.17) is 9.84 Å². The molecule has 1 aromatic heterocycles. The van der Waals surface area contributed by atoms with E-state index < -0.39 is 12.3 Å². The number of rotatable bonds is 6. The maximum Gasteiger partial charge on any atom is 0.573 e. The molecule has 140 valence electrons. The van der Waals surface area contributed by atoms with Gasteiger partial charge in [0.05, 0.1) is 0 Å². The van der Waals surface area contributed by atoms with Crippen molar-refractivity contribution in [2.75, 3.05) is 0 Å². The molecule has 0 radical (unpaired) electrons. The molecule has 0 aliphatic rings. The number of benzene rings is 2. The van der Waals surface area contributed by atoms with Crippen molar-refractivity contribution in [3.8, 4) is 22.8 Å². The minimum Gasteiger partial charge on any atom is -0.476 e. The summed E-state index contributed by atoms with van der Waals surface area (Å²) in [7, 11) is 0. The van der Waals surface area contributed by atoms with Crippen LogP contribution in [0.5, 0.6) is 11.6 Å². The molecule has 0 unspecified atom stereocenters. The summed E-state index contributed by atoms with van der Waals surface area (Å²) in [4.78, 5) is 10.9. The quantitative estimate of drug-likeness (QED) is 0.679. The maximum atomic E-state index is 12.2. The molecule has 0 bridgehead atoms. The number of H-pyrrole nitrogens is 1. The Morgan fingerprint density at radius 3 is 2.19 bits per heavy atom. The topological polar surface area (TPSA) is 97.3 Å². The Morgan fingerprint density at radius 2 is 1.63 bits per heavy atom. The first-order chi connectivity index (χ1) is 12.8. The predicted octanol–water partition coefficient (Wildman–Crippen LogP) is 3.65. The van der Waals surface area contributed by atoms with E-state index in [1.54, 1.807) is 24.3 Å². The van der Waals surface area contributed by atoms with Gasteiger partial charge in [-0.3, -0.25) is 0 Å². The molecule has 0 spiro atoms. The Bertz CT molecular complexity index is 922. The number of nitrogens with zero attached hydrogens (tertiary/aromatic N) is 2.